The molecule has 2 unspecified atom stereocenters. The first kappa shape index (κ1) is 15.3. The monoisotopic (exact) mass is 342 g/mol. The molecule has 0 radical (unpaired) electrons. The van der Waals surface area contributed by atoms with Crippen molar-refractivity contribution in [2.45, 2.75) is 38.1 Å². The summed E-state index contributed by atoms with van der Waals surface area (Å²) in [5.74, 6) is 1.99. The Morgan fingerprint density at radius 3 is 2.76 bits per heavy atom. The SMILES string of the molecule is CC(C)(NC(=O)C1C2CNCC21)c1nc(C2CC2)c2c(F)cccn12. The highest BCUT2D eigenvalue weighted by atomic mass is 19.1. The number of hydrogen-bond donors (Lipinski definition) is 2. The molecule has 0 aromatic carbocycles. The van der Waals surface area contributed by atoms with Gasteiger partial charge in [0.25, 0.3) is 0 Å². The molecule has 2 saturated carbocycles. The lowest BCUT2D eigenvalue weighted by Crippen LogP contribution is -2.44. The van der Waals surface area contributed by atoms with Crippen molar-refractivity contribution in [2.24, 2.45) is 17.8 Å². The second-order valence-electron chi connectivity index (χ2n) is 8.30. The molecule has 3 fully saturated rings. The van der Waals surface area contributed by atoms with Gasteiger partial charge in [0, 0.05) is 18.0 Å². The highest BCUT2D eigenvalue weighted by Gasteiger charge is 2.57. The number of piperidine rings is 1. The minimum Gasteiger partial charge on any atom is -0.344 e. The molecule has 2 N–H and O–H groups in total. The van der Waals surface area contributed by atoms with Gasteiger partial charge in [0.2, 0.25) is 5.91 Å². The Kier molecular flexibility index (Phi) is 3.08. The molecule has 2 aromatic rings. The van der Waals surface area contributed by atoms with E-state index in [0.29, 0.717) is 29.1 Å². The average molecular weight is 342 g/mol. The maximum atomic E-state index is 14.4. The molecule has 0 spiro atoms. The second-order valence-corrected chi connectivity index (χ2v) is 8.30. The first-order chi connectivity index (χ1) is 12.0. The number of nitrogens with one attached hydrogen (secondary N) is 2. The van der Waals surface area contributed by atoms with Crippen molar-refractivity contribution in [1.29, 1.82) is 0 Å². The molecule has 5 nitrogen and oxygen atoms in total. The fourth-order valence-electron chi connectivity index (χ4n) is 4.46. The van der Waals surface area contributed by atoms with Crippen LogP contribution in [0.1, 0.15) is 44.1 Å². The van der Waals surface area contributed by atoms with Crippen molar-refractivity contribution in [1.82, 2.24) is 20.0 Å². The number of carbonyl (C=O) groups excluding carboxylic acids is 1. The Bertz CT molecular complexity index is 860. The maximum absolute atomic E-state index is 14.4. The van der Waals surface area contributed by atoms with Gasteiger partial charge in [-0.15, -0.1) is 0 Å². The lowest BCUT2D eigenvalue weighted by Gasteiger charge is -2.25. The topological polar surface area (TPSA) is 58.4 Å². The molecule has 2 aromatic heterocycles. The zero-order chi connectivity index (χ0) is 17.3. The van der Waals surface area contributed by atoms with E-state index < -0.39 is 5.54 Å². The molecule has 1 amide bonds. The second kappa shape index (κ2) is 5.04. The Balaban J connectivity index is 1.49. The number of carbonyl (C=O) groups is 1. The molecule has 5 rings (SSSR count). The summed E-state index contributed by atoms with van der Waals surface area (Å²) >= 11 is 0. The molecule has 2 aliphatic carbocycles. The third kappa shape index (κ3) is 2.30. The Hall–Kier alpha value is -1.95. The molecule has 132 valence electrons. The molecule has 25 heavy (non-hydrogen) atoms. The van der Waals surface area contributed by atoms with Crippen LogP contribution in [0.5, 0.6) is 0 Å². The number of pyridine rings is 1. The summed E-state index contributed by atoms with van der Waals surface area (Å²) in [6, 6.07) is 3.18. The van der Waals surface area contributed by atoms with Crippen LogP contribution in [0.25, 0.3) is 5.52 Å². The highest BCUT2D eigenvalue weighted by Crippen LogP contribution is 2.49. The van der Waals surface area contributed by atoms with E-state index in [-0.39, 0.29) is 17.6 Å². The number of amides is 1. The third-order valence-electron chi connectivity index (χ3n) is 6.00. The van der Waals surface area contributed by atoms with E-state index in [1.54, 1.807) is 6.07 Å². The van der Waals surface area contributed by atoms with Crippen LogP contribution in [0, 0.1) is 23.6 Å². The van der Waals surface area contributed by atoms with Gasteiger partial charge < -0.3 is 10.6 Å². The Morgan fingerprint density at radius 1 is 1.36 bits per heavy atom. The summed E-state index contributed by atoms with van der Waals surface area (Å²) in [6.07, 6.45) is 3.97. The number of nitrogens with zero attached hydrogens (tertiary/aromatic N) is 2. The molecule has 0 bridgehead atoms. The first-order valence-corrected chi connectivity index (χ1v) is 9.17. The van der Waals surface area contributed by atoms with Crippen molar-refractivity contribution >= 4 is 11.4 Å². The number of rotatable bonds is 4. The summed E-state index contributed by atoms with van der Waals surface area (Å²) in [7, 11) is 0. The highest BCUT2D eigenvalue weighted by molar-refractivity contribution is 5.83. The maximum Gasteiger partial charge on any atom is 0.224 e. The fourth-order valence-corrected chi connectivity index (χ4v) is 4.46. The molecule has 1 aliphatic heterocycles. The molecular formula is C19H23FN4O. The molecular weight excluding hydrogens is 319 g/mol. The van der Waals surface area contributed by atoms with E-state index in [2.05, 4.69) is 10.6 Å². The van der Waals surface area contributed by atoms with Gasteiger partial charge in [-0.25, -0.2) is 9.37 Å². The van der Waals surface area contributed by atoms with Crippen LogP contribution in [0.15, 0.2) is 18.3 Å². The first-order valence-electron chi connectivity index (χ1n) is 9.17. The molecule has 3 aliphatic rings. The van der Waals surface area contributed by atoms with Gasteiger partial charge in [0.05, 0.1) is 11.2 Å². The Morgan fingerprint density at radius 2 is 2.08 bits per heavy atom. The summed E-state index contributed by atoms with van der Waals surface area (Å²) in [4.78, 5) is 17.5. The predicted molar refractivity (Wildman–Crippen MR) is 91.6 cm³/mol. The molecule has 1 saturated heterocycles. The largest absolute Gasteiger partial charge is 0.344 e. The van der Waals surface area contributed by atoms with Crippen LogP contribution < -0.4 is 10.6 Å². The van der Waals surface area contributed by atoms with E-state index in [4.69, 9.17) is 4.98 Å². The smallest absolute Gasteiger partial charge is 0.224 e. The van der Waals surface area contributed by atoms with Gasteiger partial charge in [-0.3, -0.25) is 9.20 Å². The Labute approximate surface area is 146 Å². The number of halogens is 1. The van der Waals surface area contributed by atoms with Gasteiger partial charge in [-0.2, -0.15) is 0 Å². The number of imidazole rings is 1. The van der Waals surface area contributed by atoms with Crippen molar-refractivity contribution in [3.8, 4) is 0 Å². The van der Waals surface area contributed by atoms with Crippen LogP contribution in [-0.2, 0) is 10.3 Å². The number of aromatic nitrogens is 2. The van der Waals surface area contributed by atoms with Crippen LogP contribution >= 0.6 is 0 Å². The molecule has 6 heteroatoms. The van der Waals surface area contributed by atoms with E-state index in [1.165, 1.54) is 6.07 Å². The lowest BCUT2D eigenvalue weighted by molar-refractivity contribution is -0.124. The predicted octanol–water partition coefficient (Wildman–Crippen LogP) is 2.17. The van der Waals surface area contributed by atoms with Crippen LogP contribution in [0.3, 0.4) is 0 Å². The van der Waals surface area contributed by atoms with Crippen molar-refractivity contribution in [3.05, 3.63) is 35.7 Å². The van der Waals surface area contributed by atoms with E-state index in [9.17, 15) is 9.18 Å². The van der Waals surface area contributed by atoms with E-state index >= 15 is 0 Å². The van der Waals surface area contributed by atoms with Crippen LogP contribution in [0.4, 0.5) is 4.39 Å². The fraction of sp³-hybridized carbons (Fsp3) is 0.579. The van der Waals surface area contributed by atoms with Gasteiger partial charge in [0.1, 0.15) is 17.2 Å². The van der Waals surface area contributed by atoms with Crippen molar-refractivity contribution in [3.63, 3.8) is 0 Å². The third-order valence-corrected chi connectivity index (χ3v) is 6.00. The normalized spacial score (nSPS) is 28.2. The van der Waals surface area contributed by atoms with Gasteiger partial charge in [-0.05, 0) is 63.7 Å². The zero-order valence-corrected chi connectivity index (χ0v) is 14.6. The minimum atomic E-state index is -0.648. The van der Waals surface area contributed by atoms with Crippen molar-refractivity contribution in [2.75, 3.05) is 13.1 Å². The van der Waals surface area contributed by atoms with E-state index in [0.717, 1.165) is 31.6 Å². The van der Waals surface area contributed by atoms with Crippen LogP contribution in [0.2, 0.25) is 0 Å². The van der Waals surface area contributed by atoms with Gasteiger partial charge >= 0.3 is 0 Å². The summed E-state index contributed by atoms with van der Waals surface area (Å²) in [5, 5.41) is 6.49. The lowest BCUT2D eigenvalue weighted by atomic mass is 10.0. The quantitative estimate of drug-likeness (QED) is 0.895. The van der Waals surface area contributed by atoms with Crippen LogP contribution in [-0.4, -0.2) is 28.4 Å². The standard InChI is InChI=1S/C19H23FN4O/c1-19(2,23-17(25)14-11-8-21-9-12(11)14)18-22-15(10-5-6-10)16-13(20)4-3-7-24(16)18/h3-4,7,10-12,14,21H,5-6,8-9H2,1-2H3,(H,23,25). The molecule has 3 heterocycles. The minimum absolute atomic E-state index is 0.0997. The van der Waals surface area contributed by atoms with Crippen molar-refractivity contribution < 1.29 is 9.18 Å². The zero-order valence-electron chi connectivity index (χ0n) is 14.6. The van der Waals surface area contributed by atoms with Gasteiger partial charge in [0.15, 0.2) is 0 Å². The summed E-state index contributed by atoms with van der Waals surface area (Å²) in [6.45, 7) is 5.79. The number of fused-ring (bicyclic) bond motifs is 2. The summed E-state index contributed by atoms with van der Waals surface area (Å²) < 4.78 is 16.3. The molecule has 2 atom stereocenters. The van der Waals surface area contributed by atoms with Gasteiger partial charge in [-0.1, -0.05) is 0 Å². The summed E-state index contributed by atoms with van der Waals surface area (Å²) in [5.41, 5.74) is 0.753. The van der Waals surface area contributed by atoms with E-state index in [1.807, 2.05) is 24.4 Å². The average Bonchev–Trinajstić information content (AvgIpc) is 3.43. The number of hydrogen-bond acceptors (Lipinski definition) is 3.